The predicted molar refractivity (Wildman–Crippen MR) is 38.3 cm³/mol. The lowest BCUT2D eigenvalue weighted by Crippen LogP contribution is -2.10. The molecule has 0 aliphatic heterocycles. The summed E-state index contributed by atoms with van der Waals surface area (Å²) in [6.45, 7) is 0. The molecule has 0 bridgehead atoms. The summed E-state index contributed by atoms with van der Waals surface area (Å²) in [5.74, 6) is -1.77. The lowest BCUT2D eigenvalue weighted by atomic mass is 10.5. The van der Waals surface area contributed by atoms with E-state index < -0.39 is 13.4 Å². The van der Waals surface area contributed by atoms with Crippen molar-refractivity contribution in [3.63, 3.8) is 0 Å². The molecule has 12 heavy (non-hydrogen) atoms. The second-order valence-corrected chi connectivity index (χ2v) is 4.05. The van der Waals surface area contributed by atoms with Gasteiger partial charge in [-0.3, -0.25) is 0 Å². The van der Waals surface area contributed by atoms with Crippen LogP contribution in [0.3, 0.4) is 0 Å². The van der Waals surface area contributed by atoms with E-state index in [1.165, 1.54) is 18.4 Å². The van der Waals surface area contributed by atoms with Crippen LogP contribution in [0.1, 0.15) is 11.6 Å². The number of aliphatic hydroxyl groups excluding tert-OH is 1. The molecule has 1 rings (SSSR count). The van der Waals surface area contributed by atoms with Crippen molar-refractivity contribution in [2.45, 2.75) is 5.85 Å². The van der Waals surface area contributed by atoms with Crippen molar-refractivity contribution in [2.24, 2.45) is 0 Å². The zero-order valence-corrected chi connectivity index (χ0v) is 7.23. The van der Waals surface area contributed by atoms with Gasteiger partial charge < -0.3 is 23.5 Å². The van der Waals surface area contributed by atoms with Gasteiger partial charge in [-0.1, -0.05) is 0 Å². The predicted octanol–water partition coefficient (Wildman–Crippen LogP) is 0.470. The molecule has 1 heterocycles. The molecule has 0 amide bonds. The highest BCUT2D eigenvalue weighted by molar-refractivity contribution is 7.51. The molecular weight excluding hydrogens is 183 g/mol. The van der Waals surface area contributed by atoms with Gasteiger partial charge in [0, 0.05) is 7.11 Å². The Hall–Kier alpha value is -0.610. The molecule has 0 radical (unpaired) electrons. The van der Waals surface area contributed by atoms with Gasteiger partial charge in [0.25, 0.3) is 0 Å². The van der Waals surface area contributed by atoms with Crippen molar-refractivity contribution in [1.82, 2.24) is 0 Å². The minimum absolute atomic E-state index is 0.0461. The van der Waals surface area contributed by atoms with E-state index in [1.54, 1.807) is 0 Å². The molecule has 6 heteroatoms. The van der Waals surface area contributed by atoms with Gasteiger partial charge in [-0.15, -0.1) is 0 Å². The summed E-state index contributed by atoms with van der Waals surface area (Å²) in [7, 11) is -3.26. The van der Waals surface area contributed by atoms with Crippen LogP contribution in [0.15, 0.2) is 22.8 Å². The van der Waals surface area contributed by atoms with Gasteiger partial charge in [-0.05, 0) is 12.1 Å². The lowest BCUT2D eigenvalue weighted by molar-refractivity contribution is -0.206. The third-order valence-corrected chi connectivity index (χ3v) is 2.71. The molecule has 0 spiro atoms. The molecule has 2 atom stereocenters. The molecule has 0 aromatic carbocycles. The number of furan rings is 1. The van der Waals surface area contributed by atoms with Crippen molar-refractivity contribution in [1.29, 1.82) is 0 Å². The quantitative estimate of drug-likeness (QED) is 0.702. The summed E-state index contributed by atoms with van der Waals surface area (Å²) in [5, 5.41) is 9.14. The highest BCUT2D eigenvalue weighted by Gasteiger charge is 2.23. The summed E-state index contributed by atoms with van der Waals surface area (Å²) < 4.78 is 19.7. The first kappa shape index (κ1) is 9.48. The third kappa shape index (κ3) is 1.76. The maximum Gasteiger partial charge on any atom is 0.175 e. The first-order chi connectivity index (χ1) is 5.58. The smallest absolute Gasteiger partial charge is 0.175 e. The zero-order chi connectivity index (χ0) is 9.19. The Kier molecular flexibility index (Phi) is 2.69. The van der Waals surface area contributed by atoms with Gasteiger partial charge >= 0.3 is 0 Å². The van der Waals surface area contributed by atoms with Gasteiger partial charge in [-0.25, -0.2) is 0 Å². The van der Waals surface area contributed by atoms with Crippen LogP contribution in [0, 0.1) is 0 Å². The molecule has 0 aliphatic rings. The van der Waals surface area contributed by atoms with Crippen LogP contribution in [-0.2, 0) is 9.09 Å². The minimum atomic E-state index is -4.24. The molecule has 1 aromatic heterocycles. The van der Waals surface area contributed by atoms with Crippen molar-refractivity contribution < 1.29 is 23.5 Å². The molecule has 0 fully saturated rings. The van der Waals surface area contributed by atoms with E-state index in [0.29, 0.717) is 0 Å². The number of hydrogen-bond acceptors (Lipinski definition) is 5. The van der Waals surface area contributed by atoms with Crippen LogP contribution in [0.5, 0.6) is 0 Å². The summed E-state index contributed by atoms with van der Waals surface area (Å²) in [4.78, 5) is 10.9. The van der Waals surface area contributed by atoms with E-state index in [9.17, 15) is 9.46 Å². The van der Waals surface area contributed by atoms with E-state index in [2.05, 4.69) is 8.94 Å². The molecular formula is C6H8O5P-. The van der Waals surface area contributed by atoms with Crippen LogP contribution in [0.2, 0.25) is 0 Å². The maximum atomic E-state index is 10.9. The van der Waals surface area contributed by atoms with Gasteiger partial charge in [0.05, 0.1) is 6.26 Å². The third-order valence-electron chi connectivity index (χ3n) is 1.35. The Bertz CT molecular complexity index is 280. The Labute approximate surface area is 69.1 Å². The molecule has 1 N–H and O–H groups in total. The summed E-state index contributed by atoms with van der Waals surface area (Å²) in [5.41, 5.74) is 0. The van der Waals surface area contributed by atoms with Crippen molar-refractivity contribution in [2.75, 3.05) is 7.11 Å². The highest BCUT2D eigenvalue weighted by Crippen LogP contribution is 2.50. The Morgan fingerprint density at radius 1 is 1.83 bits per heavy atom. The van der Waals surface area contributed by atoms with E-state index in [1.807, 2.05) is 0 Å². The molecule has 1 aromatic rings. The minimum Gasteiger partial charge on any atom is -0.776 e. The van der Waals surface area contributed by atoms with Gasteiger partial charge in [0.1, 0.15) is 5.76 Å². The van der Waals surface area contributed by atoms with Crippen LogP contribution in [0.25, 0.3) is 0 Å². The first-order valence-corrected chi connectivity index (χ1v) is 4.77. The van der Waals surface area contributed by atoms with Crippen molar-refractivity contribution >= 4 is 7.60 Å². The Morgan fingerprint density at radius 3 is 2.92 bits per heavy atom. The molecule has 0 aliphatic carbocycles. The van der Waals surface area contributed by atoms with Crippen LogP contribution in [0.4, 0.5) is 0 Å². The molecule has 2 unspecified atom stereocenters. The van der Waals surface area contributed by atoms with E-state index >= 15 is 0 Å². The summed E-state index contributed by atoms with van der Waals surface area (Å²) in [6, 6.07) is 2.84. The van der Waals surface area contributed by atoms with E-state index in [-0.39, 0.29) is 5.76 Å². The summed E-state index contributed by atoms with van der Waals surface area (Å²) >= 11 is 0. The van der Waals surface area contributed by atoms with E-state index in [0.717, 1.165) is 7.11 Å². The molecule has 68 valence electrons. The number of aliphatic hydroxyl groups is 1. The first-order valence-electron chi connectivity index (χ1n) is 3.16. The fourth-order valence-corrected chi connectivity index (χ4v) is 1.35. The van der Waals surface area contributed by atoms with E-state index in [4.69, 9.17) is 5.11 Å². The van der Waals surface area contributed by atoms with Gasteiger partial charge in [-0.2, -0.15) is 0 Å². The SMILES string of the molecule is COP(=O)([O-])C(O)c1ccco1. The average molecular weight is 191 g/mol. The zero-order valence-electron chi connectivity index (χ0n) is 6.34. The molecule has 0 saturated heterocycles. The van der Waals surface area contributed by atoms with Crippen molar-refractivity contribution in [3.05, 3.63) is 24.2 Å². The fraction of sp³-hybridized carbons (Fsp3) is 0.333. The Balaban J connectivity index is 2.86. The lowest BCUT2D eigenvalue weighted by Gasteiger charge is -2.24. The fourth-order valence-electron chi connectivity index (χ4n) is 0.694. The van der Waals surface area contributed by atoms with Gasteiger partial charge in [0.2, 0.25) is 0 Å². The van der Waals surface area contributed by atoms with Crippen molar-refractivity contribution in [3.8, 4) is 0 Å². The second-order valence-electron chi connectivity index (χ2n) is 2.11. The maximum absolute atomic E-state index is 10.9. The molecule has 5 nitrogen and oxygen atoms in total. The monoisotopic (exact) mass is 191 g/mol. The normalized spacial score (nSPS) is 18.6. The van der Waals surface area contributed by atoms with Gasteiger partial charge in [0.15, 0.2) is 13.4 Å². The largest absolute Gasteiger partial charge is 0.776 e. The van der Waals surface area contributed by atoms with Crippen LogP contribution in [-0.4, -0.2) is 12.2 Å². The standard InChI is InChI=1S/C6H9O5P/c1-10-12(8,9)6(7)5-3-2-4-11-5/h2-4,6-7H,1H3,(H,8,9)/p-1. The highest BCUT2D eigenvalue weighted by atomic mass is 31.2. The number of rotatable bonds is 3. The Morgan fingerprint density at radius 2 is 2.50 bits per heavy atom. The topological polar surface area (TPSA) is 82.7 Å². The molecule has 0 saturated carbocycles. The number of hydrogen-bond donors (Lipinski definition) is 1. The summed E-state index contributed by atoms with van der Waals surface area (Å²) in [6.07, 6.45) is 1.27. The van der Waals surface area contributed by atoms with Crippen LogP contribution >= 0.6 is 7.60 Å². The average Bonchev–Trinajstić information content (AvgIpc) is 2.55. The second kappa shape index (κ2) is 3.41. The van der Waals surface area contributed by atoms with Crippen LogP contribution < -0.4 is 4.89 Å².